The van der Waals surface area contributed by atoms with Crippen LogP contribution in [0, 0.1) is 0 Å². The average molecular weight is 445 g/mol. The van der Waals surface area contributed by atoms with Crippen molar-refractivity contribution < 1.29 is 8.42 Å². The van der Waals surface area contributed by atoms with Crippen LogP contribution in [0.2, 0.25) is 5.02 Å². The molecule has 0 amide bonds. The van der Waals surface area contributed by atoms with Crippen LogP contribution >= 0.6 is 11.6 Å². The molecule has 1 fully saturated rings. The summed E-state index contributed by atoms with van der Waals surface area (Å²) in [5.41, 5.74) is 2.80. The first-order chi connectivity index (χ1) is 14.0. The maximum atomic E-state index is 12.8. The third-order valence-corrected chi connectivity index (χ3v) is 6.92. The number of halogens is 1. The number of hydrogen-bond donors (Lipinski definition) is 2. The van der Waals surface area contributed by atoms with E-state index in [4.69, 9.17) is 11.6 Å². The van der Waals surface area contributed by atoms with Crippen LogP contribution in [-0.4, -0.2) is 18.0 Å². The van der Waals surface area contributed by atoms with Gasteiger partial charge in [0.2, 0.25) is 0 Å². The van der Waals surface area contributed by atoms with Crippen LogP contribution in [0.15, 0.2) is 59.8 Å². The number of anilines is 1. The SMILES string of the molecule is Cn1ccc(C2NC2c2nc(NS(=O)(=O)c3ccc(C(C)(C)C)cc3)ccc2Cl)c1. The zero-order chi connectivity index (χ0) is 21.7. The Balaban J connectivity index is 1.54. The van der Waals surface area contributed by atoms with Gasteiger partial charge >= 0.3 is 0 Å². The van der Waals surface area contributed by atoms with Crippen molar-refractivity contribution in [3.05, 3.63) is 76.7 Å². The molecule has 0 bridgehead atoms. The molecule has 3 heterocycles. The van der Waals surface area contributed by atoms with Crippen LogP contribution in [0.25, 0.3) is 0 Å². The normalized spacial score (nSPS) is 19.0. The topological polar surface area (TPSA) is 85.9 Å². The van der Waals surface area contributed by atoms with Gasteiger partial charge in [0.25, 0.3) is 10.0 Å². The van der Waals surface area contributed by atoms with Gasteiger partial charge in [-0.1, -0.05) is 44.5 Å². The smallest absolute Gasteiger partial charge is 0.263 e. The molecule has 0 radical (unpaired) electrons. The molecule has 0 spiro atoms. The molecule has 4 rings (SSSR count). The molecule has 1 saturated heterocycles. The second-order valence-corrected chi connectivity index (χ2v) is 10.8. The average Bonchev–Trinajstić information content (AvgIpc) is 3.35. The number of benzene rings is 1. The summed E-state index contributed by atoms with van der Waals surface area (Å²) in [6.45, 7) is 6.26. The fourth-order valence-electron chi connectivity index (χ4n) is 3.44. The first-order valence-corrected chi connectivity index (χ1v) is 11.6. The Morgan fingerprint density at radius 2 is 1.77 bits per heavy atom. The van der Waals surface area contributed by atoms with Crippen molar-refractivity contribution in [3.8, 4) is 0 Å². The van der Waals surface area contributed by atoms with Gasteiger partial charge in [0, 0.05) is 19.4 Å². The van der Waals surface area contributed by atoms with E-state index in [-0.39, 0.29) is 28.2 Å². The minimum atomic E-state index is -3.75. The second kappa shape index (κ2) is 7.41. The lowest BCUT2D eigenvalue weighted by molar-refractivity contribution is 0.587. The Bertz CT molecular complexity index is 1180. The summed E-state index contributed by atoms with van der Waals surface area (Å²) in [5.74, 6) is 0.245. The predicted octanol–water partition coefficient (Wildman–Crippen LogP) is 4.56. The third-order valence-electron chi connectivity index (χ3n) is 5.23. The minimum absolute atomic E-state index is 0.0459. The minimum Gasteiger partial charge on any atom is -0.357 e. The van der Waals surface area contributed by atoms with Crippen LogP contribution in [0.3, 0.4) is 0 Å². The monoisotopic (exact) mass is 444 g/mol. The number of pyridine rings is 1. The van der Waals surface area contributed by atoms with Crippen molar-refractivity contribution >= 4 is 27.4 Å². The number of aryl methyl sites for hydroxylation is 1. The molecule has 0 aliphatic carbocycles. The van der Waals surface area contributed by atoms with Crippen LogP contribution in [-0.2, 0) is 22.5 Å². The molecule has 6 nitrogen and oxygen atoms in total. The Hall–Kier alpha value is -2.35. The van der Waals surface area contributed by atoms with Gasteiger partial charge in [-0.15, -0.1) is 0 Å². The maximum absolute atomic E-state index is 12.8. The van der Waals surface area contributed by atoms with Crippen LogP contribution < -0.4 is 10.0 Å². The van der Waals surface area contributed by atoms with E-state index in [1.54, 1.807) is 24.3 Å². The summed E-state index contributed by atoms with van der Waals surface area (Å²) in [6.07, 6.45) is 4.02. The molecule has 2 N–H and O–H groups in total. The highest BCUT2D eigenvalue weighted by atomic mass is 35.5. The van der Waals surface area contributed by atoms with E-state index in [9.17, 15) is 8.42 Å². The summed E-state index contributed by atoms with van der Waals surface area (Å²) in [5, 5.41) is 3.86. The summed E-state index contributed by atoms with van der Waals surface area (Å²) in [6, 6.07) is 12.3. The summed E-state index contributed by atoms with van der Waals surface area (Å²) < 4.78 is 30.2. The standard InChI is InChI=1S/C22H25ClN4O2S/c1-22(2,3)15-5-7-16(8-6-15)30(28,29)26-18-10-9-17(23)20(24-18)21-19(25-21)14-11-12-27(4)13-14/h5-13,19,21,25H,1-4H3,(H,24,26). The van der Waals surface area contributed by atoms with Crippen LogP contribution in [0.4, 0.5) is 5.82 Å². The highest BCUT2D eigenvalue weighted by molar-refractivity contribution is 7.92. The lowest BCUT2D eigenvalue weighted by Crippen LogP contribution is -2.16. The van der Waals surface area contributed by atoms with Crippen molar-refractivity contribution in [2.24, 2.45) is 7.05 Å². The number of nitrogens with one attached hydrogen (secondary N) is 2. The lowest BCUT2D eigenvalue weighted by atomic mass is 9.87. The largest absolute Gasteiger partial charge is 0.357 e. The van der Waals surface area contributed by atoms with Gasteiger partial charge in [-0.2, -0.15) is 0 Å². The van der Waals surface area contributed by atoms with Gasteiger partial charge in [0.05, 0.1) is 27.7 Å². The van der Waals surface area contributed by atoms with E-state index in [2.05, 4.69) is 35.8 Å². The van der Waals surface area contributed by atoms with Crippen molar-refractivity contribution in [3.63, 3.8) is 0 Å². The van der Waals surface area contributed by atoms with Gasteiger partial charge in [-0.05, 0) is 46.9 Å². The Morgan fingerprint density at radius 1 is 1.07 bits per heavy atom. The molecule has 8 heteroatoms. The number of rotatable bonds is 5. The zero-order valence-corrected chi connectivity index (χ0v) is 18.9. The van der Waals surface area contributed by atoms with Crippen molar-refractivity contribution in [1.29, 1.82) is 0 Å². The number of sulfonamides is 1. The second-order valence-electron chi connectivity index (χ2n) is 8.68. The first kappa shape index (κ1) is 20.9. The van der Waals surface area contributed by atoms with Gasteiger partial charge in [-0.25, -0.2) is 13.4 Å². The molecule has 1 aromatic carbocycles. The molecule has 1 aliphatic rings. The van der Waals surface area contributed by atoms with Gasteiger partial charge < -0.3 is 4.57 Å². The van der Waals surface area contributed by atoms with E-state index < -0.39 is 10.0 Å². The van der Waals surface area contributed by atoms with E-state index in [0.717, 1.165) is 11.1 Å². The third kappa shape index (κ3) is 4.24. The number of nitrogens with zero attached hydrogens (tertiary/aromatic N) is 2. The van der Waals surface area contributed by atoms with Gasteiger partial charge in [0.1, 0.15) is 5.82 Å². The molecule has 3 aromatic rings. The molecule has 0 saturated carbocycles. The Labute approximate surface area is 182 Å². The van der Waals surface area contributed by atoms with E-state index >= 15 is 0 Å². The Kier molecular flexibility index (Phi) is 5.16. The highest BCUT2D eigenvalue weighted by Crippen LogP contribution is 2.44. The zero-order valence-electron chi connectivity index (χ0n) is 17.3. The van der Waals surface area contributed by atoms with Crippen LogP contribution in [0.5, 0.6) is 0 Å². The fraction of sp³-hybridized carbons (Fsp3) is 0.318. The van der Waals surface area contributed by atoms with E-state index in [0.29, 0.717) is 10.7 Å². The quantitative estimate of drug-likeness (QED) is 0.565. The molecule has 30 heavy (non-hydrogen) atoms. The molecular formula is C22H25ClN4O2S. The number of hydrogen-bond acceptors (Lipinski definition) is 4. The van der Waals surface area contributed by atoms with Crippen LogP contribution in [0.1, 0.15) is 49.7 Å². The van der Waals surface area contributed by atoms with E-state index in [1.807, 2.05) is 42.2 Å². The van der Waals surface area contributed by atoms with Crippen molar-refractivity contribution in [1.82, 2.24) is 14.9 Å². The van der Waals surface area contributed by atoms with E-state index in [1.165, 1.54) is 0 Å². The van der Waals surface area contributed by atoms with Crippen molar-refractivity contribution in [2.75, 3.05) is 4.72 Å². The number of aromatic nitrogens is 2. The summed E-state index contributed by atoms with van der Waals surface area (Å²) in [7, 11) is -1.78. The molecular weight excluding hydrogens is 420 g/mol. The van der Waals surface area contributed by atoms with Crippen molar-refractivity contribution in [2.45, 2.75) is 43.2 Å². The first-order valence-electron chi connectivity index (χ1n) is 9.72. The molecule has 2 unspecified atom stereocenters. The fourth-order valence-corrected chi connectivity index (χ4v) is 4.66. The highest BCUT2D eigenvalue weighted by Gasteiger charge is 2.41. The predicted molar refractivity (Wildman–Crippen MR) is 119 cm³/mol. The summed E-state index contributed by atoms with van der Waals surface area (Å²) in [4.78, 5) is 4.69. The molecule has 2 aromatic heterocycles. The molecule has 1 aliphatic heterocycles. The molecule has 158 valence electrons. The summed E-state index contributed by atoms with van der Waals surface area (Å²) >= 11 is 6.35. The van der Waals surface area contributed by atoms with Gasteiger partial charge in [-0.3, -0.25) is 10.0 Å². The Morgan fingerprint density at radius 3 is 2.37 bits per heavy atom. The molecule has 2 atom stereocenters. The van der Waals surface area contributed by atoms with Gasteiger partial charge in [0.15, 0.2) is 0 Å². The maximum Gasteiger partial charge on any atom is 0.263 e. The lowest BCUT2D eigenvalue weighted by Gasteiger charge is -2.19.